The highest BCUT2D eigenvalue weighted by atomic mass is 16.7. The van der Waals surface area contributed by atoms with E-state index in [4.69, 9.17) is 20.9 Å². The molecular weight excluding hydrogens is 304 g/mol. The maximum atomic E-state index is 5.92. The summed E-state index contributed by atoms with van der Waals surface area (Å²) in [7, 11) is 3.47. The SMILES string of the molecule is CCCCCCCCC(CCN)(CCCN)C(C)(OC)OC.NN. The third-order valence-electron chi connectivity index (χ3n) is 5.23. The highest BCUT2D eigenvalue weighted by Crippen LogP contribution is 2.46. The minimum Gasteiger partial charge on any atom is -0.353 e. The Bertz CT molecular complexity index is 263. The quantitative estimate of drug-likeness (QED) is 0.156. The first kappa shape index (κ1) is 26.0. The molecule has 1 atom stereocenters. The third-order valence-corrected chi connectivity index (χ3v) is 5.23. The maximum Gasteiger partial charge on any atom is 0.170 e. The third kappa shape index (κ3) is 8.74. The largest absolute Gasteiger partial charge is 0.353 e. The number of hydrogen-bond acceptors (Lipinski definition) is 6. The van der Waals surface area contributed by atoms with Crippen LogP contribution in [0.3, 0.4) is 0 Å². The van der Waals surface area contributed by atoms with E-state index in [9.17, 15) is 0 Å². The molecule has 0 aromatic heterocycles. The molecule has 0 fully saturated rings. The van der Waals surface area contributed by atoms with E-state index in [-0.39, 0.29) is 5.41 Å². The van der Waals surface area contributed by atoms with E-state index in [1.807, 2.05) is 0 Å². The van der Waals surface area contributed by atoms with Gasteiger partial charge in [-0.15, -0.1) is 0 Å². The van der Waals surface area contributed by atoms with Crippen LogP contribution in [0.15, 0.2) is 0 Å². The molecule has 0 saturated carbocycles. The Kier molecular flexibility index (Phi) is 17.6. The Morgan fingerprint density at radius 1 is 0.708 bits per heavy atom. The van der Waals surface area contributed by atoms with E-state index in [1.165, 1.54) is 38.5 Å². The Morgan fingerprint density at radius 2 is 1.21 bits per heavy atom. The number of methoxy groups -OCH3 is 2. The molecule has 0 aliphatic rings. The van der Waals surface area contributed by atoms with Crippen molar-refractivity contribution in [3.05, 3.63) is 0 Å². The van der Waals surface area contributed by atoms with Gasteiger partial charge in [-0.3, -0.25) is 11.7 Å². The van der Waals surface area contributed by atoms with Crippen LogP contribution in [0.5, 0.6) is 0 Å². The lowest BCUT2D eigenvalue weighted by Gasteiger charge is -2.47. The van der Waals surface area contributed by atoms with E-state index in [1.54, 1.807) is 14.2 Å². The topological polar surface area (TPSA) is 123 Å². The van der Waals surface area contributed by atoms with E-state index in [0.29, 0.717) is 13.1 Å². The van der Waals surface area contributed by atoms with Gasteiger partial charge in [0.25, 0.3) is 0 Å². The van der Waals surface area contributed by atoms with Crippen molar-refractivity contribution >= 4 is 0 Å². The maximum absolute atomic E-state index is 5.92. The lowest BCUT2D eigenvalue weighted by Crippen LogP contribution is -2.50. The lowest BCUT2D eigenvalue weighted by atomic mass is 9.69. The first-order valence-electron chi connectivity index (χ1n) is 9.39. The fourth-order valence-corrected chi connectivity index (χ4v) is 3.53. The van der Waals surface area contributed by atoms with Gasteiger partial charge in [0.05, 0.1) is 0 Å². The summed E-state index contributed by atoms with van der Waals surface area (Å²) >= 11 is 0. The molecule has 6 nitrogen and oxygen atoms in total. The number of unbranched alkanes of at least 4 members (excludes halogenated alkanes) is 5. The van der Waals surface area contributed by atoms with Crippen LogP contribution in [-0.4, -0.2) is 33.1 Å². The van der Waals surface area contributed by atoms with Gasteiger partial charge in [-0.1, -0.05) is 45.4 Å². The van der Waals surface area contributed by atoms with E-state index < -0.39 is 5.79 Å². The average Bonchev–Trinajstić information content (AvgIpc) is 2.63. The summed E-state index contributed by atoms with van der Waals surface area (Å²) in [6, 6.07) is 0. The normalized spacial score (nSPS) is 14.0. The molecule has 148 valence electrons. The van der Waals surface area contributed by atoms with Crippen LogP contribution in [0.25, 0.3) is 0 Å². The van der Waals surface area contributed by atoms with Gasteiger partial charge < -0.3 is 20.9 Å². The zero-order valence-corrected chi connectivity index (χ0v) is 16.6. The average molecular weight is 349 g/mol. The summed E-state index contributed by atoms with van der Waals surface area (Å²) in [4.78, 5) is 0. The first-order valence-corrected chi connectivity index (χ1v) is 9.39. The van der Waals surface area contributed by atoms with Crippen molar-refractivity contribution in [3.8, 4) is 0 Å². The van der Waals surface area contributed by atoms with Crippen LogP contribution < -0.4 is 23.2 Å². The van der Waals surface area contributed by atoms with Gasteiger partial charge in [0, 0.05) is 19.6 Å². The molecule has 0 aliphatic carbocycles. The zero-order chi connectivity index (χ0) is 18.9. The molecule has 0 aromatic carbocycles. The van der Waals surface area contributed by atoms with Crippen molar-refractivity contribution < 1.29 is 9.47 Å². The van der Waals surface area contributed by atoms with Gasteiger partial charge in [0.1, 0.15) is 0 Å². The highest BCUT2D eigenvalue weighted by molar-refractivity contribution is 4.92. The van der Waals surface area contributed by atoms with Crippen molar-refractivity contribution in [1.29, 1.82) is 0 Å². The minimum absolute atomic E-state index is 0.0463. The Morgan fingerprint density at radius 3 is 1.67 bits per heavy atom. The Labute approximate surface area is 150 Å². The molecule has 0 amide bonds. The molecule has 0 radical (unpaired) electrons. The van der Waals surface area contributed by atoms with Gasteiger partial charge in [0.2, 0.25) is 0 Å². The van der Waals surface area contributed by atoms with Crippen molar-refractivity contribution in [3.63, 3.8) is 0 Å². The number of nitrogens with two attached hydrogens (primary N) is 4. The molecule has 8 N–H and O–H groups in total. The van der Waals surface area contributed by atoms with Gasteiger partial charge in [-0.05, 0) is 45.7 Å². The van der Waals surface area contributed by atoms with Crippen LogP contribution in [-0.2, 0) is 9.47 Å². The summed E-state index contributed by atoms with van der Waals surface area (Å²) in [6.07, 6.45) is 11.8. The molecule has 0 aliphatic heterocycles. The second-order valence-corrected chi connectivity index (χ2v) is 6.58. The molecule has 0 saturated heterocycles. The summed E-state index contributed by atoms with van der Waals surface area (Å²) in [5, 5.41) is 0. The smallest absolute Gasteiger partial charge is 0.170 e. The summed E-state index contributed by atoms with van der Waals surface area (Å²) in [5.41, 5.74) is 11.6. The second-order valence-electron chi connectivity index (χ2n) is 6.58. The van der Waals surface area contributed by atoms with Crippen LogP contribution >= 0.6 is 0 Å². The molecule has 0 rings (SSSR count). The van der Waals surface area contributed by atoms with Crippen molar-refractivity contribution in [2.45, 2.75) is 83.8 Å². The van der Waals surface area contributed by atoms with E-state index in [0.717, 1.165) is 25.7 Å². The van der Waals surface area contributed by atoms with Crippen LogP contribution in [0.4, 0.5) is 0 Å². The Hall–Kier alpha value is -0.240. The highest BCUT2D eigenvalue weighted by Gasteiger charge is 2.47. The van der Waals surface area contributed by atoms with Gasteiger partial charge >= 0.3 is 0 Å². The lowest BCUT2D eigenvalue weighted by molar-refractivity contribution is -0.271. The molecule has 0 heterocycles. The summed E-state index contributed by atoms with van der Waals surface area (Å²) in [5.74, 6) is 7.41. The predicted molar refractivity (Wildman–Crippen MR) is 103 cm³/mol. The molecule has 0 spiro atoms. The molecular formula is C18H44N4O2. The van der Waals surface area contributed by atoms with Gasteiger partial charge in [-0.25, -0.2) is 0 Å². The van der Waals surface area contributed by atoms with E-state index in [2.05, 4.69) is 25.5 Å². The summed E-state index contributed by atoms with van der Waals surface area (Å²) in [6.45, 7) is 5.66. The van der Waals surface area contributed by atoms with Crippen molar-refractivity contribution in [2.24, 2.45) is 28.6 Å². The van der Waals surface area contributed by atoms with Crippen LogP contribution in [0.1, 0.15) is 78.1 Å². The molecule has 0 aromatic rings. The standard InChI is InChI=1S/C18H40N2O2.H4N2/c1-5-6-7-8-9-10-12-18(14-16-20,13-11-15-19)17(2,21-3)22-4;1-2/h5-16,19-20H2,1-4H3;1-2H2. The number of hydrazine groups is 1. The predicted octanol–water partition coefficient (Wildman–Crippen LogP) is 2.64. The zero-order valence-electron chi connectivity index (χ0n) is 16.6. The fraction of sp³-hybridized carbons (Fsp3) is 1.00. The second kappa shape index (κ2) is 16.2. The van der Waals surface area contributed by atoms with Crippen LogP contribution in [0, 0.1) is 5.41 Å². The molecule has 0 bridgehead atoms. The van der Waals surface area contributed by atoms with Gasteiger partial charge in [0.15, 0.2) is 5.79 Å². The van der Waals surface area contributed by atoms with E-state index >= 15 is 0 Å². The number of hydrogen-bond donors (Lipinski definition) is 4. The van der Waals surface area contributed by atoms with Gasteiger partial charge in [-0.2, -0.15) is 0 Å². The molecule has 1 unspecified atom stereocenters. The van der Waals surface area contributed by atoms with Crippen molar-refractivity contribution in [2.75, 3.05) is 27.3 Å². The van der Waals surface area contributed by atoms with Crippen LogP contribution in [0.2, 0.25) is 0 Å². The Balaban J connectivity index is 0. The number of ether oxygens (including phenoxy) is 2. The van der Waals surface area contributed by atoms with Crippen molar-refractivity contribution in [1.82, 2.24) is 0 Å². The summed E-state index contributed by atoms with van der Waals surface area (Å²) < 4.78 is 11.6. The molecule has 6 heteroatoms. The first-order chi connectivity index (χ1) is 11.6. The molecule has 24 heavy (non-hydrogen) atoms. The number of rotatable bonds is 15. The monoisotopic (exact) mass is 348 g/mol. The minimum atomic E-state index is -0.592. The fourth-order valence-electron chi connectivity index (χ4n) is 3.53.